The van der Waals surface area contributed by atoms with Gasteiger partial charge in [-0.1, -0.05) is 45.1 Å². The first-order valence-corrected chi connectivity index (χ1v) is 12.6. The highest BCUT2D eigenvalue weighted by atomic mass is 15.5. The van der Waals surface area contributed by atoms with Crippen LogP contribution in [-0.2, 0) is 6.42 Å². The molecule has 1 heterocycles. The molecular weight excluding hydrogens is 394 g/mol. The Hall–Kier alpha value is -2.43. The molecule has 2 aliphatic rings. The van der Waals surface area contributed by atoms with Crippen LogP contribution < -0.4 is 4.90 Å². The van der Waals surface area contributed by atoms with E-state index in [1.54, 1.807) is 0 Å². The number of rotatable bonds is 10. The van der Waals surface area contributed by atoms with Crippen LogP contribution in [0.4, 0.5) is 5.69 Å². The van der Waals surface area contributed by atoms with Crippen molar-refractivity contribution >= 4 is 12.0 Å². The number of hydrogen-bond acceptors (Lipinski definition) is 4. The minimum absolute atomic E-state index is 0.376. The van der Waals surface area contributed by atoms with Gasteiger partial charge in [-0.05, 0) is 56.4 Å². The van der Waals surface area contributed by atoms with Gasteiger partial charge in [0.1, 0.15) is 6.34 Å². The van der Waals surface area contributed by atoms with Crippen LogP contribution in [0.2, 0.25) is 0 Å². The van der Waals surface area contributed by atoms with E-state index in [0.717, 1.165) is 58.4 Å². The van der Waals surface area contributed by atoms with Gasteiger partial charge in [-0.2, -0.15) is 5.10 Å². The van der Waals surface area contributed by atoms with Crippen LogP contribution in [0.1, 0.15) is 52.5 Å². The fourth-order valence-corrected chi connectivity index (χ4v) is 4.36. The molecule has 176 valence electrons. The average Bonchev–Trinajstić information content (AvgIpc) is 2.86. The van der Waals surface area contributed by atoms with Crippen LogP contribution in [0, 0.1) is 0 Å². The maximum absolute atomic E-state index is 4.78. The van der Waals surface area contributed by atoms with Gasteiger partial charge in [0.15, 0.2) is 0 Å². The van der Waals surface area contributed by atoms with Crippen molar-refractivity contribution in [2.45, 2.75) is 65.5 Å². The maximum atomic E-state index is 4.78. The molecular formula is C27H43N5. The summed E-state index contributed by atoms with van der Waals surface area (Å²) in [4.78, 5) is 7.28. The Morgan fingerprint density at radius 1 is 1.06 bits per heavy atom. The Morgan fingerprint density at radius 3 is 2.31 bits per heavy atom. The van der Waals surface area contributed by atoms with Gasteiger partial charge >= 0.3 is 0 Å². The van der Waals surface area contributed by atoms with Crippen molar-refractivity contribution in [2.24, 2.45) is 5.10 Å². The molecule has 2 atom stereocenters. The molecule has 0 spiro atoms. The third kappa shape index (κ3) is 6.30. The highest BCUT2D eigenvalue weighted by molar-refractivity contribution is 5.55. The third-order valence-electron chi connectivity index (χ3n) is 6.87. The van der Waals surface area contributed by atoms with E-state index >= 15 is 0 Å². The SMILES string of the molecule is CCCN(/N=C\N(C)C1C=CC(N2CCN(c3ccc(CC)cc3)CC2)=CC1)C(C)CC. The summed E-state index contributed by atoms with van der Waals surface area (Å²) >= 11 is 0. The lowest BCUT2D eigenvalue weighted by molar-refractivity contribution is 0.211. The lowest BCUT2D eigenvalue weighted by Crippen LogP contribution is -2.46. The largest absolute Gasteiger partial charge is 0.368 e. The molecule has 0 amide bonds. The summed E-state index contributed by atoms with van der Waals surface area (Å²) in [6, 6.07) is 9.94. The van der Waals surface area contributed by atoms with Gasteiger partial charge in [0.25, 0.3) is 0 Å². The first-order valence-electron chi connectivity index (χ1n) is 12.6. The van der Waals surface area contributed by atoms with Gasteiger partial charge in [0, 0.05) is 57.2 Å². The van der Waals surface area contributed by atoms with E-state index in [0.29, 0.717) is 12.1 Å². The predicted molar refractivity (Wildman–Crippen MR) is 138 cm³/mol. The molecule has 0 saturated carbocycles. The summed E-state index contributed by atoms with van der Waals surface area (Å²) < 4.78 is 0. The normalized spacial score (nSPS) is 19.9. The molecule has 5 nitrogen and oxygen atoms in total. The van der Waals surface area contributed by atoms with Crippen molar-refractivity contribution < 1.29 is 0 Å². The van der Waals surface area contributed by atoms with E-state index in [4.69, 9.17) is 5.10 Å². The highest BCUT2D eigenvalue weighted by Crippen LogP contribution is 2.22. The Balaban J connectivity index is 1.49. The van der Waals surface area contributed by atoms with Crippen molar-refractivity contribution in [3.63, 3.8) is 0 Å². The van der Waals surface area contributed by atoms with Crippen LogP contribution in [0.15, 0.2) is 53.3 Å². The number of hydrazone groups is 1. The van der Waals surface area contributed by atoms with Crippen LogP contribution in [0.25, 0.3) is 0 Å². The zero-order valence-corrected chi connectivity index (χ0v) is 20.9. The van der Waals surface area contributed by atoms with Crippen LogP contribution >= 0.6 is 0 Å². The molecule has 1 aliphatic heterocycles. The molecule has 5 heteroatoms. The summed E-state index contributed by atoms with van der Waals surface area (Å²) in [7, 11) is 2.14. The molecule has 0 N–H and O–H groups in total. The van der Waals surface area contributed by atoms with E-state index in [9.17, 15) is 0 Å². The molecule has 0 bridgehead atoms. The predicted octanol–water partition coefficient (Wildman–Crippen LogP) is 4.97. The summed E-state index contributed by atoms with van der Waals surface area (Å²) in [6.07, 6.45) is 13.4. The van der Waals surface area contributed by atoms with Gasteiger partial charge < -0.3 is 14.7 Å². The zero-order chi connectivity index (χ0) is 22.9. The van der Waals surface area contributed by atoms with E-state index in [1.165, 1.54) is 16.9 Å². The minimum atomic E-state index is 0.376. The number of likely N-dealkylation sites (N-methyl/N-ethyl adjacent to an activating group) is 1. The van der Waals surface area contributed by atoms with E-state index in [-0.39, 0.29) is 0 Å². The smallest absolute Gasteiger partial charge is 0.111 e. The molecule has 0 radical (unpaired) electrons. The van der Waals surface area contributed by atoms with E-state index < -0.39 is 0 Å². The fraction of sp³-hybridized carbons (Fsp3) is 0.593. The van der Waals surface area contributed by atoms with Gasteiger partial charge in [-0.3, -0.25) is 5.01 Å². The van der Waals surface area contributed by atoms with Gasteiger partial charge in [-0.25, -0.2) is 0 Å². The number of nitrogens with zero attached hydrogens (tertiary/aromatic N) is 5. The van der Waals surface area contributed by atoms with Crippen LogP contribution in [0.5, 0.6) is 0 Å². The van der Waals surface area contributed by atoms with Crippen molar-refractivity contribution in [1.82, 2.24) is 14.8 Å². The third-order valence-corrected chi connectivity index (χ3v) is 6.87. The second-order valence-electron chi connectivity index (χ2n) is 9.10. The Bertz CT molecular complexity index is 774. The molecule has 0 aromatic heterocycles. The number of benzene rings is 1. The Labute approximate surface area is 196 Å². The topological polar surface area (TPSA) is 25.3 Å². The van der Waals surface area contributed by atoms with Crippen molar-refractivity contribution in [3.8, 4) is 0 Å². The standard InChI is InChI=1S/C27H43N5/c1-6-17-32(23(4)7-2)28-22-29(5)25-13-15-27(16-14-25)31-20-18-30(19-21-31)26-11-9-24(8-3)10-12-26/h9-13,15-16,22-23,25H,6-8,14,17-21H2,1-5H3/b28-22-. The number of allylic oxidation sites excluding steroid dienone is 1. The minimum Gasteiger partial charge on any atom is -0.368 e. The second-order valence-corrected chi connectivity index (χ2v) is 9.10. The molecule has 3 rings (SSSR count). The second kappa shape index (κ2) is 12.0. The van der Waals surface area contributed by atoms with Crippen LogP contribution in [0.3, 0.4) is 0 Å². The molecule has 1 aromatic carbocycles. The monoisotopic (exact) mass is 437 g/mol. The van der Waals surface area contributed by atoms with Gasteiger partial charge in [0.2, 0.25) is 0 Å². The van der Waals surface area contributed by atoms with E-state index in [1.807, 2.05) is 6.34 Å². The summed E-state index contributed by atoms with van der Waals surface area (Å²) in [5.74, 6) is 0. The molecule has 1 aromatic rings. The number of aryl methyl sites for hydroxylation is 1. The molecule has 2 unspecified atom stereocenters. The van der Waals surface area contributed by atoms with Crippen LogP contribution in [-0.4, -0.2) is 73.0 Å². The summed E-state index contributed by atoms with van der Waals surface area (Å²) in [5.41, 5.74) is 4.14. The fourth-order valence-electron chi connectivity index (χ4n) is 4.36. The molecule has 1 aliphatic carbocycles. The quantitative estimate of drug-likeness (QED) is 0.293. The van der Waals surface area contributed by atoms with Crippen molar-refractivity contribution in [2.75, 3.05) is 44.7 Å². The van der Waals surface area contributed by atoms with Gasteiger partial charge in [-0.15, -0.1) is 0 Å². The van der Waals surface area contributed by atoms with Crippen molar-refractivity contribution in [3.05, 3.63) is 53.8 Å². The lowest BCUT2D eigenvalue weighted by Gasteiger charge is -2.39. The first kappa shape index (κ1) is 24.2. The molecule has 1 saturated heterocycles. The number of hydrogen-bond donors (Lipinski definition) is 0. The Kier molecular flexibility index (Phi) is 9.07. The molecule has 32 heavy (non-hydrogen) atoms. The maximum Gasteiger partial charge on any atom is 0.111 e. The summed E-state index contributed by atoms with van der Waals surface area (Å²) in [6.45, 7) is 14.2. The van der Waals surface area contributed by atoms with Gasteiger partial charge in [0.05, 0.1) is 6.04 Å². The van der Waals surface area contributed by atoms with Crippen molar-refractivity contribution in [1.29, 1.82) is 0 Å². The summed E-state index contributed by atoms with van der Waals surface area (Å²) in [5, 5.41) is 7.00. The lowest BCUT2D eigenvalue weighted by atomic mass is 10.0. The number of anilines is 1. The Morgan fingerprint density at radius 2 is 1.75 bits per heavy atom. The van der Waals surface area contributed by atoms with E-state index in [2.05, 4.69) is 96.9 Å². The zero-order valence-electron chi connectivity index (χ0n) is 20.9. The average molecular weight is 438 g/mol. The molecule has 1 fully saturated rings. The number of piperazine rings is 1. The first-order chi connectivity index (χ1) is 15.5. The highest BCUT2D eigenvalue weighted by Gasteiger charge is 2.21.